The average Bonchev–Trinajstić information content (AvgIpc) is 3.52. The van der Waals surface area contributed by atoms with Gasteiger partial charge in [0.25, 0.3) is 0 Å². The van der Waals surface area contributed by atoms with Gasteiger partial charge in [0.1, 0.15) is 0 Å². The molecule has 1 spiro atoms. The largest absolute Gasteiger partial charge is 0.265 e. The molecule has 4 aromatic heterocycles. The van der Waals surface area contributed by atoms with Gasteiger partial charge in [-0.2, -0.15) is 0 Å². The highest BCUT2D eigenvalue weighted by atomic mass is 14.7. The van der Waals surface area contributed by atoms with Crippen molar-refractivity contribution in [3.8, 4) is 78.1 Å². The lowest BCUT2D eigenvalue weighted by atomic mass is 9.65. The van der Waals surface area contributed by atoms with E-state index >= 15 is 0 Å². The van der Waals surface area contributed by atoms with E-state index in [2.05, 4.69) is 143 Å². The first-order valence-corrected chi connectivity index (χ1v) is 18.6. The number of fused-ring (bicyclic) bond motifs is 12. The summed E-state index contributed by atoms with van der Waals surface area (Å²) < 4.78 is 0. The van der Waals surface area contributed by atoms with Gasteiger partial charge in [-0.05, 0) is 115 Å². The SMILES string of the molecule is c1ccc2c(c1)-c1ccc(-c3ccc(-c4ccncc4)nc3)cc1C1(c3cc(-c4ccc(-c5ccncc5)nc4)ccc3-2)c2ccccc2-c2ccccc21. The lowest BCUT2D eigenvalue weighted by Gasteiger charge is -2.36. The van der Waals surface area contributed by atoms with Gasteiger partial charge in [0.2, 0.25) is 0 Å². The Bertz CT molecular complexity index is 2700. The first-order valence-electron chi connectivity index (χ1n) is 18.6. The number of pyridine rings is 4. The highest BCUT2D eigenvalue weighted by molar-refractivity contribution is 5.98. The maximum absolute atomic E-state index is 4.92. The molecule has 0 radical (unpaired) electrons. The fourth-order valence-electron chi connectivity index (χ4n) is 8.97. The summed E-state index contributed by atoms with van der Waals surface area (Å²) in [6, 6.07) is 57.5. The summed E-state index contributed by atoms with van der Waals surface area (Å²) in [5.41, 5.74) is 20.3. The molecule has 0 N–H and O–H groups in total. The summed E-state index contributed by atoms with van der Waals surface area (Å²) >= 11 is 0. The van der Waals surface area contributed by atoms with Crippen LogP contribution in [0.2, 0.25) is 0 Å². The molecule has 55 heavy (non-hydrogen) atoms. The van der Waals surface area contributed by atoms with E-state index in [0.717, 1.165) is 44.8 Å². The van der Waals surface area contributed by atoms with E-state index in [1.807, 2.05) is 61.4 Å². The van der Waals surface area contributed by atoms with Crippen molar-refractivity contribution in [2.45, 2.75) is 5.41 Å². The Kier molecular flexibility index (Phi) is 7.04. The van der Waals surface area contributed by atoms with Gasteiger partial charge >= 0.3 is 0 Å². The van der Waals surface area contributed by atoms with Crippen LogP contribution in [0.25, 0.3) is 78.1 Å². The Morgan fingerprint density at radius 2 is 0.673 bits per heavy atom. The third-order valence-electron chi connectivity index (χ3n) is 11.5. The molecule has 256 valence electrons. The zero-order valence-corrected chi connectivity index (χ0v) is 29.8. The monoisotopic (exact) mass is 700 g/mol. The number of aromatic nitrogens is 4. The van der Waals surface area contributed by atoms with Gasteiger partial charge < -0.3 is 0 Å². The standard InChI is InChI=1S/C51H32N4/c1-2-8-40-39(7-1)43-17-13-35(37-15-19-49(54-31-37)33-21-25-52-26-22-33)29-47(43)51(45-11-5-3-9-41(45)42-10-4-6-12-46(42)51)48-30-36(14-18-44(40)48)38-16-20-50(55-32-38)34-23-27-53-28-24-34/h1-32H. The summed E-state index contributed by atoms with van der Waals surface area (Å²) in [6.07, 6.45) is 11.2. The summed E-state index contributed by atoms with van der Waals surface area (Å²) in [6.45, 7) is 0. The van der Waals surface area contributed by atoms with Crippen molar-refractivity contribution < 1.29 is 0 Å². The quantitative estimate of drug-likeness (QED) is 0.183. The van der Waals surface area contributed by atoms with Crippen molar-refractivity contribution in [1.29, 1.82) is 0 Å². The summed E-state index contributed by atoms with van der Waals surface area (Å²) in [4.78, 5) is 18.2. The first kappa shape index (κ1) is 31.2. The van der Waals surface area contributed by atoms with E-state index in [4.69, 9.17) is 9.97 Å². The predicted molar refractivity (Wildman–Crippen MR) is 221 cm³/mol. The summed E-state index contributed by atoms with van der Waals surface area (Å²) in [5.74, 6) is 0. The minimum atomic E-state index is -0.613. The molecule has 5 aromatic carbocycles. The summed E-state index contributed by atoms with van der Waals surface area (Å²) in [7, 11) is 0. The molecule has 0 saturated carbocycles. The molecule has 9 aromatic rings. The van der Waals surface area contributed by atoms with Crippen molar-refractivity contribution >= 4 is 0 Å². The van der Waals surface area contributed by atoms with Gasteiger partial charge in [0, 0.05) is 59.4 Å². The van der Waals surface area contributed by atoms with Gasteiger partial charge in [-0.25, -0.2) is 0 Å². The van der Waals surface area contributed by atoms with Gasteiger partial charge in [-0.1, -0.05) is 109 Å². The lowest BCUT2D eigenvalue weighted by Crippen LogP contribution is -2.29. The van der Waals surface area contributed by atoms with Crippen molar-refractivity contribution in [1.82, 2.24) is 19.9 Å². The van der Waals surface area contributed by atoms with Gasteiger partial charge in [-0.3, -0.25) is 19.9 Å². The van der Waals surface area contributed by atoms with Gasteiger partial charge in [-0.15, -0.1) is 0 Å². The third kappa shape index (κ3) is 4.78. The molecule has 0 unspecified atom stereocenters. The number of hydrogen-bond donors (Lipinski definition) is 0. The van der Waals surface area contributed by atoms with Crippen LogP contribution in [0.15, 0.2) is 195 Å². The summed E-state index contributed by atoms with van der Waals surface area (Å²) in [5, 5.41) is 0. The van der Waals surface area contributed by atoms with E-state index in [9.17, 15) is 0 Å². The second kappa shape index (κ2) is 12.4. The molecule has 0 bridgehead atoms. The molecule has 2 aliphatic rings. The van der Waals surface area contributed by atoms with E-state index in [1.165, 1.54) is 55.6 Å². The van der Waals surface area contributed by atoms with Crippen LogP contribution in [0.1, 0.15) is 22.3 Å². The van der Waals surface area contributed by atoms with Crippen LogP contribution in [0.3, 0.4) is 0 Å². The molecule has 0 atom stereocenters. The van der Waals surface area contributed by atoms with Crippen molar-refractivity contribution in [3.05, 3.63) is 217 Å². The zero-order valence-electron chi connectivity index (χ0n) is 29.8. The zero-order chi connectivity index (χ0) is 36.3. The molecule has 2 aliphatic carbocycles. The third-order valence-corrected chi connectivity index (χ3v) is 11.5. The minimum absolute atomic E-state index is 0.613. The Labute approximate surface area is 319 Å². The van der Waals surface area contributed by atoms with Gasteiger partial charge in [0.15, 0.2) is 0 Å². The molecule has 0 aliphatic heterocycles. The van der Waals surface area contributed by atoms with Crippen LogP contribution in [-0.2, 0) is 5.41 Å². The molecule has 11 rings (SSSR count). The van der Waals surface area contributed by atoms with E-state index in [-0.39, 0.29) is 0 Å². The Balaban J connectivity index is 1.19. The number of hydrogen-bond acceptors (Lipinski definition) is 4. The van der Waals surface area contributed by atoms with E-state index in [0.29, 0.717) is 0 Å². The number of benzene rings is 5. The van der Waals surface area contributed by atoms with Crippen LogP contribution < -0.4 is 0 Å². The minimum Gasteiger partial charge on any atom is -0.265 e. The maximum atomic E-state index is 4.92. The van der Waals surface area contributed by atoms with Crippen molar-refractivity contribution in [3.63, 3.8) is 0 Å². The van der Waals surface area contributed by atoms with Crippen molar-refractivity contribution in [2.24, 2.45) is 0 Å². The predicted octanol–water partition coefficient (Wildman–Crippen LogP) is 11.9. The van der Waals surface area contributed by atoms with Crippen LogP contribution in [-0.4, -0.2) is 19.9 Å². The smallest absolute Gasteiger partial charge is 0.0725 e. The number of nitrogens with zero attached hydrogens (tertiary/aromatic N) is 4. The molecule has 0 fully saturated rings. The van der Waals surface area contributed by atoms with Gasteiger partial charge in [0.05, 0.1) is 16.8 Å². The first-order chi connectivity index (χ1) is 27.3. The molecule has 0 amide bonds. The lowest BCUT2D eigenvalue weighted by molar-refractivity contribution is 0.776. The Hall–Kier alpha value is -7.30. The van der Waals surface area contributed by atoms with Crippen molar-refractivity contribution in [2.75, 3.05) is 0 Å². The normalized spacial score (nSPS) is 12.9. The van der Waals surface area contributed by atoms with Crippen LogP contribution in [0.5, 0.6) is 0 Å². The van der Waals surface area contributed by atoms with E-state index < -0.39 is 5.41 Å². The molecule has 4 nitrogen and oxygen atoms in total. The molecule has 4 heterocycles. The highest BCUT2D eigenvalue weighted by Crippen LogP contribution is 2.62. The Morgan fingerprint density at radius 1 is 0.291 bits per heavy atom. The fourth-order valence-corrected chi connectivity index (χ4v) is 8.97. The maximum Gasteiger partial charge on any atom is 0.0725 e. The second-order valence-electron chi connectivity index (χ2n) is 14.2. The van der Waals surface area contributed by atoms with Crippen LogP contribution >= 0.6 is 0 Å². The molecule has 0 saturated heterocycles. The molecule has 4 heteroatoms. The van der Waals surface area contributed by atoms with E-state index in [1.54, 1.807) is 0 Å². The average molecular weight is 701 g/mol. The number of rotatable bonds is 4. The topological polar surface area (TPSA) is 51.6 Å². The Morgan fingerprint density at radius 3 is 1.09 bits per heavy atom. The van der Waals surface area contributed by atoms with Crippen LogP contribution in [0.4, 0.5) is 0 Å². The molecular formula is C51H32N4. The second-order valence-corrected chi connectivity index (χ2v) is 14.2. The fraction of sp³-hybridized carbons (Fsp3) is 0.0196. The highest BCUT2D eigenvalue weighted by Gasteiger charge is 2.49. The van der Waals surface area contributed by atoms with Crippen LogP contribution in [0, 0.1) is 0 Å². The molecular weight excluding hydrogens is 669 g/mol.